The number of methoxy groups -OCH3 is 1. The Hall–Kier alpha value is -2.11. The number of hydrogen-bond donors (Lipinski definition) is 2. The number of hydrogen-bond acceptors (Lipinski definition) is 6. The van der Waals surface area contributed by atoms with Gasteiger partial charge < -0.3 is 15.8 Å². The van der Waals surface area contributed by atoms with Crippen molar-refractivity contribution in [1.82, 2.24) is 9.97 Å². The van der Waals surface area contributed by atoms with Gasteiger partial charge in [-0.25, -0.2) is 4.98 Å². The van der Waals surface area contributed by atoms with Gasteiger partial charge in [0, 0.05) is 25.5 Å². The summed E-state index contributed by atoms with van der Waals surface area (Å²) in [5.41, 5.74) is 6.91. The molecule has 6 heteroatoms. The van der Waals surface area contributed by atoms with Crippen LogP contribution >= 0.6 is 0 Å². The molecule has 6 nitrogen and oxygen atoms in total. The lowest BCUT2D eigenvalue weighted by Gasteiger charge is -2.08. The fraction of sp³-hybridized carbons (Fsp3) is 0.300. The van der Waals surface area contributed by atoms with E-state index in [9.17, 15) is 0 Å². The molecular weight excluding hydrogens is 206 g/mol. The molecule has 0 aliphatic heterocycles. The summed E-state index contributed by atoms with van der Waals surface area (Å²) < 4.78 is 4.98. The van der Waals surface area contributed by atoms with Crippen LogP contribution in [-0.4, -0.2) is 29.8 Å². The van der Waals surface area contributed by atoms with Crippen molar-refractivity contribution >= 4 is 11.7 Å². The quantitative estimate of drug-likeness (QED) is 0.734. The van der Waals surface area contributed by atoms with Gasteiger partial charge in [0.15, 0.2) is 0 Å². The second kappa shape index (κ2) is 5.69. The number of aromatic nitrogens is 2. The molecule has 1 aromatic heterocycles. The first kappa shape index (κ1) is 12.0. The van der Waals surface area contributed by atoms with Crippen molar-refractivity contribution in [3.05, 3.63) is 24.2 Å². The van der Waals surface area contributed by atoms with Gasteiger partial charge >= 0.3 is 0 Å². The summed E-state index contributed by atoms with van der Waals surface area (Å²) >= 11 is 0. The molecule has 0 bridgehead atoms. The maximum atomic E-state index is 5.48. The van der Waals surface area contributed by atoms with E-state index >= 15 is 0 Å². The average molecular weight is 221 g/mol. The van der Waals surface area contributed by atoms with Crippen LogP contribution in [0.3, 0.4) is 0 Å². The number of nitrogens with two attached hydrogens (primary N) is 1. The molecule has 16 heavy (non-hydrogen) atoms. The standard InChI is InChI=1S/C10H15N5O/c1-7(12-2)8(6-11)14-10-13-5-4-9(15-10)16-3/h4-6H,11H2,1-3H3,(H,13,14,15)/b8-6+,12-7?. The normalized spacial score (nSPS) is 12.4. The zero-order valence-electron chi connectivity index (χ0n) is 9.56. The Labute approximate surface area is 94.3 Å². The van der Waals surface area contributed by atoms with Crippen LogP contribution in [-0.2, 0) is 0 Å². The zero-order valence-corrected chi connectivity index (χ0v) is 9.56. The van der Waals surface area contributed by atoms with E-state index in [0.717, 1.165) is 5.71 Å². The second-order valence-corrected chi connectivity index (χ2v) is 2.94. The first-order chi connectivity index (χ1) is 7.71. The molecule has 0 atom stereocenters. The Morgan fingerprint density at radius 1 is 1.62 bits per heavy atom. The van der Waals surface area contributed by atoms with Crippen LogP contribution in [0.1, 0.15) is 6.92 Å². The highest BCUT2D eigenvalue weighted by atomic mass is 16.5. The van der Waals surface area contributed by atoms with E-state index in [-0.39, 0.29) is 0 Å². The topological polar surface area (TPSA) is 85.4 Å². The minimum atomic E-state index is 0.416. The highest BCUT2D eigenvalue weighted by Crippen LogP contribution is 2.09. The van der Waals surface area contributed by atoms with Gasteiger partial charge in [0.2, 0.25) is 11.8 Å². The average Bonchev–Trinajstić information content (AvgIpc) is 2.35. The molecule has 0 radical (unpaired) electrons. The fourth-order valence-electron chi connectivity index (χ4n) is 1.01. The summed E-state index contributed by atoms with van der Waals surface area (Å²) in [7, 11) is 3.23. The monoisotopic (exact) mass is 221 g/mol. The van der Waals surface area contributed by atoms with Crippen LogP contribution in [0.15, 0.2) is 29.2 Å². The Balaban J connectivity index is 2.87. The summed E-state index contributed by atoms with van der Waals surface area (Å²) in [6.07, 6.45) is 3.02. The van der Waals surface area contributed by atoms with Crippen molar-refractivity contribution in [2.24, 2.45) is 10.7 Å². The number of ether oxygens (including phenoxy) is 1. The molecule has 86 valence electrons. The highest BCUT2D eigenvalue weighted by molar-refractivity contribution is 6.00. The minimum absolute atomic E-state index is 0.416. The highest BCUT2D eigenvalue weighted by Gasteiger charge is 2.04. The number of anilines is 1. The molecule has 0 spiro atoms. The fourth-order valence-corrected chi connectivity index (χ4v) is 1.01. The van der Waals surface area contributed by atoms with E-state index in [2.05, 4.69) is 20.3 Å². The van der Waals surface area contributed by atoms with Gasteiger partial charge in [-0.05, 0) is 6.92 Å². The van der Waals surface area contributed by atoms with Gasteiger partial charge in [-0.15, -0.1) is 0 Å². The van der Waals surface area contributed by atoms with E-state index in [4.69, 9.17) is 10.5 Å². The summed E-state index contributed by atoms with van der Waals surface area (Å²) in [4.78, 5) is 12.2. The number of nitrogens with one attached hydrogen (secondary N) is 1. The SMILES string of the molecule is CN=C(C)/C(=C\N)Nc1nccc(OC)n1. The first-order valence-corrected chi connectivity index (χ1v) is 4.71. The molecule has 1 aromatic rings. The third kappa shape index (κ3) is 2.94. The van der Waals surface area contributed by atoms with Gasteiger partial charge in [0.1, 0.15) is 0 Å². The van der Waals surface area contributed by atoms with Crippen LogP contribution in [0.25, 0.3) is 0 Å². The molecule has 0 aliphatic carbocycles. The molecule has 0 aliphatic rings. The van der Waals surface area contributed by atoms with Crippen molar-refractivity contribution < 1.29 is 4.74 Å². The Bertz CT molecular complexity index is 413. The van der Waals surface area contributed by atoms with Crippen LogP contribution in [0.2, 0.25) is 0 Å². The molecule has 0 saturated carbocycles. The largest absolute Gasteiger partial charge is 0.481 e. The molecular formula is C10H15N5O. The van der Waals surface area contributed by atoms with Gasteiger partial charge in [0.25, 0.3) is 0 Å². The molecule has 0 amide bonds. The number of allylic oxidation sites excluding steroid dienone is 1. The lowest BCUT2D eigenvalue weighted by Crippen LogP contribution is -2.12. The Morgan fingerprint density at radius 3 is 2.94 bits per heavy atom. The van der Waals surface area contributed by atoms with E-state index in [1.807, 2.05) is 6.92 Å². The zero-order chi connectivity index (χ0) is 12.0. The molecule has 0 aromatic carbocycles. The van der Waals surface area contributed by atoms with E-state index in [0.29, 0.717) is 17.5 Å². The van der Waals surface area contributed by atoms with Crippen molar-refractivity contribution in [3.63, 3.8) is 0 Å². The molecule has 0 unspecified atom stereocenters. The first-order valence-electron chi connectivity index (χ1n) is 4.71. The third-order valence-corrected chi connectivity index (χ3v) is 1.98. The van der Waals surface area contributed by atoms with Crippen molar-refractivity contribution in [3.8, 4) is 5.88 Å². The van der Waals surface area contributed by atoms with E-state index in [1.165, 1.54) is 6.20 Å². The van der Waals surface area contributed by atoms with Gasteiger partial charge in [-0.2, -0.15) is 4.98 Å². The van der Waals surface area contributed by atoms with Gasteiger partial charge in [-0.3, -0.25) is 4.99 Å². The molecule has 1 heterocycles. The molecule has 0 fully saturated rings. The van der Waals surface area contributed by atoms with Crippen LogP contribution in [0, 0.1) is 0 Å². The van der Waals surface area contributed by atoms with Gasteiger partial charge in [0.05, 0.1) is 18.5 Å². The summed E-state index contributed by atoms with van der Waals surface area (Å²) in [6, 6.07) is 1.66. The third-order valence-electron chi connectivity index (χ3n) is 1.98. The van der Waals surface area contributed by atoms with Crippen LogP contribution < -0.4 is 15.8 Å². The number of aliphatic imine (C=N–C) groups is 1. The van der Waals surface area contributed by atoms with Crippen molar-refractivity contribution in [2.75, 3.05) is 19.5 Å². The van der Waals surface area contributed by atoms with Crippen molar-refractivity contribution in [1.29, 1.82) is 0 Å². The lowest BCUT2D eigenvalue weighted by atomic mass is 10.3. The van der Waals surface area contributed by atoms with Crippen LogP contribution in [0.4, 0.5) is 5.95 Å². The maximum Gasteiger partial charge on any atom is 0.230 e. The van der Waals surface area contributed by atoms with Gasteiger partial charge in [-0.1, -0.05) is 0 Å². The van der Waals surface area contributed by atoms with Crippen LogP contribution in [0.5, 0.6) is 5.88 Å². The lowest BCUT2D eigenvalue weighted by molar-refractivity contribution is 0.397. The second-order valence-electron chi connectivity index (χ2n) is 2.94. The predicted octanol–water partition coefficient (Wildman–Crippen LogP) is 0.788. The number of rotatable bonds is 4. The summed E-state index contributed by atoms with van der Waals surface area (Å²) in [6.45, 7) is 1.84. The Morgan fingerprint density at radius 2 is 2.38 bits per heavy atom. The summed E-state index contributed by atoms with van der Waals surface area (Å²) in [5, 5.41) is 2.96. The molecule has 1 rings (SSSR count). The minimum Gasteiger partial charge on any atom is -0.481 e. The Kier molecular flexibility index (Phi) is 4.26. The van der Waals surface area contributed by atoms with E-state index in [1.54, 1.807) is 26.4 Å². The smallest absolute Gasteiger partial charge is 0.230 e. The van der Waals surface area contributed by atoms with Crippen molar-refractivity contribution in [2.45, 2.75) is 6.92 Å². The predicted molar refractivity (Wildman–Crippen MR) is 63.5 cm³/mol. The molecule has 3 N–H and O–H groups in total. The molecule has 0 saturated heterocycles. The maximum absolute atomic E-state index is 5.48. The number of nitrogens with zero attached hydrogens (tertiary/aromatic N) is 3. The summed E-state index contributed by atoms with van der Waals surface area (Å²) in [5.74, 6) is 0.902. The van der Waals surface area contributed by atoms with E-state index < -0.39 is 0 Å².